The molecule has 1 unspecified atom stereocenters. The van der Waals surface area contributed by atoms with Crippen LogP contribution in [0.25, 0.3) is 0 Å². The van der Waals surface area contributed by atoms with Crippen molar-refractivity contribution in [2.75, 3.05) is 39.5 Å². The summed E-state index contributed by atoms with van der Waals surface area (Å²) in [5.74, 6) is 1.46. The van der Waals surface area contributed by atoms with Crippen LogP contribution in [0.2, 0.25) is 0 Å². The second-order valence-corrected chi connectivity index (χ2v) is 5.63. The van der Waals surface area contributed by atoms with Gasteiger partial charge in [0.05, 0.1) is 19.3 Å². The topological polar surface area (TPSA) is 50.7 Å². The van der Waals surface area contributed by atoms with Gasteiger partial charge in [-0.15, -0.1) is 0 Å². The van der Waals surface area contributed by atoms with E-state index in [-0.39, 0.29) is 0 Å². The molecule has 0 amide bonds. The summed E-state index contributed by atoms with van der Waals surface area (Å²) in [4.78, 5) is 0. The zero-order chi connectivity index (χ0) is 13.2. The van der Waals surface area contributed by atoms with Gasteiger partial charge in [-0.2, -0.15) is 0 Å². The van der Waals surface area contributed by atoms with Gasteiger partial charge in [0.2, 0.25) is 0 Å². The van der Waals surface area contributed by atoms with Gasteiger partial charge in [0.1, 0.15) is 0 Å². The third kappa shape index (κ3) is 9.83. The minimum atomic E-state index is -0.403. The molecule has 4 heteroatoms. The number of aliphatic hydroxyl groups excluding tert-OH is 1. The maximum Gasteiger partial charge on any atom is 0.0897 e. The minimum Gasteiger partial charge on any atom is -0.389 e. The van der Waals surface area contributed by atoms with Crippen LogP contribution < -0.4 is 5.32 Å². The van der Waals surface area contributed by atoms with Gasteiger partial charge in [0.15, 0.2) is 0 Å². The van der Waals surface area contributed by atoms with Crippen LogP contribution in [0.1, 0.15) is 33.1 Å². The quantitative estimate of drug-likeness (QED) is 0.521. The number of rotatable bonds is 12. The van der Waals surface area contributed by atoms with E-state index >= 15 is 0 Å². The Hall–Kier alpha value is -0.160. The Kier molecular flexibility index (Phi) is 8.59. The molecule has 108 valence electrons. The molecule has 0 aliphatic heterocycles. The first-order valence-corrected chi connectivity index (χ1v) is 7.22. The molecule has 0 aromatic rings. The third-order valence-corrected chi connectivity index (χ3v) is 3.00. The van der Waals surface area contributed by atoms with Crippen molar-refractivity contribution in [1.29, 1.82) is 0 Å². The molecule has 1 atom stereocenters. The number of hydrogen-bond donors (Lipinski definition) is 2. The molecule has 2 N–H and O–H groups in total. The molecule has 1 fully saturated rings. The van der Waals surface area contributed by atoms with E-state index in [0.29, 0.717) is 25.7 Å². The van der Waals surface area contributed by atoms with Crippen LogP contribution in [0.5, 0.6) is 0 Å². The largest absolute Gasteiger partial charge is 0.389 e. The molecule has 1 rings (SSSR count). The molecule has 18 heavy (non-hydrogen) atoms. The summed E-state index contributed by atoms with van der Waals surface area (Å²) in [6.45, 7) is 8.55. The highest BCUT2D eigenvalue weighted by Gasteiger charge is 2.21. The average Bonchev–Trinajstić information content (AvgIpc) is 3.11. The Bertz CT molecular complexity index is 195. The number of nitrogens with one attached hydrogen (secondary N) is 1. The second kappa shape index (κ2) is 9.73. The Morgan fingerprint density at radius 1 is 1.22 bits per heavy atom. The van der Waals surface area contributed by atoms with Crippen LogP contribution in [-0.2, 0) is 9.47 Å². The van der Waals surface area contributed by atoms with Gasteiger partial charge in [-0.1, -0.05) is 13.8 Å². The lowest BCUT2D eigenvalue weighted by Crippen LogP contribution is -2.32. The summed E-state index contributed by atoms with van der Waals surface area (Å²) < 4.78 is 10.9. The smallest absolute Gasteiger partial charge is 0.0897 e. The Morgan fingerprint density at radius 2 is 2.00 bits per heavy atom. The highest BCUT2D eigenvalue weighted by molar-refractivity contribution is 4.72. The zero-order valence-electron chi connectivity index (χ0n) is 11.9. The summed E-state index contributed by atoms with van der Waals surface area (Å²) in [7, 11) is 0. The summed E-state index contributed by atoms with van der Waals surface area (Å²) >= 11 is 0. The number of ether oxygens (including phenoxy) is 2. The van der Waals surface area contributed by atoms with E-state index in [1.165, 1.54) is 12.8 Å². The van der Waals surface area contributed by atoms with Crippen molar-refractivity contribution in [3.63, 3.8) is 0 Å². The molecule has 4 nitrogen and oxygen atoms in total. The van der Waals surface area contributed by atoms with Gasteiger partial charge in [0, 0.05) is 26.3 Å². The van der Waals surface area contributed by atoms with E-state index in [9.17, 15) is 5.11 Å². The van der Waals surface area contributed by atoms with Gasteiger partial charge in [-0.25, -0.2) is 0 Å². The molecule has 1 aliphatic carbocycles. The fourth-order valence-electron chi connectivity index (χ4n) is 1.55. The maximum absolute atomic E-state index is 9.63. The summed E-state index contributed by atoms with van der Waals surface area (Å²) in [6, 6.07) is 0. The molecule has 0 spiro atoms. The van der Waals surface area contributed by atoms with Crippen molar-refractivity contribution in [3.8, 4) is 0 Å². The van der Waals surface area contributed by atoms with Crippen molar-refractivity contribution < 1.29 is 14.6 Å². The molecule has 0 heterocycles. The van der Waals surface area contributed by atoms with Crippen LogP contribution in [0, 0.1) is 11.8 Å². The lowest BCUT2D eigenvalue weighted by atomic mass is 10.1. The van der Waals surface area contributed by atoms with E-state index < -0.39 is 6.10 Å². The number of aliphatic hydroxyl groups is 1. The highest BCUT2D eigenvalue weighted by atomic mass is 16.5. The van der Waals surface area contributed by atoms with Gasteiger partial charge in [-0.05, 0) is 31.1 Å². The Balaban J connectivity index is 1.75. The normalized spacial score (nSPS) is 17.3. The van der Waals surface area contributed by atoms with Crippen LogP contribution >= 0.6 is 0 Å². The molecular weight excluding hydrogens is 230 g/mol. The highest BCUT2D eigenvalue weighted by Crippen LogP contribution is 2.28. The van der Waals surface area contributed by atoms with Crippen molar-refractivity contribution in [3.05, 3.63) is 0 Å². The lowest BCUT2D eigenvalue weighted by molar-refractivity contribution is 0.0313. The van der Waals surface area contributed by atoms with Crippen LogP contribution in [0.3, 0.4) is 0 Å². The van der Waals surface area contributed by atoms with E-state index in [0.717, 1.165) is 32.1 Å². The van der Waals surface area contributed by atoms with Crippen molar-refractivity contribution in [1.82, 2.24) is 5.32 Å². The van der Waals surface area contributed by atoms with Crippen LogP contribution in [0.4, 0.5) is 0 Å². The summed E-state index contributed by atoms with van der Waals surface area (Å²) in [5, 5.41) is 12.8. The molecule has 0 bridgehead atoms. The van der Waals surface area contributed by atoms with Crippen molar-refractivity contribution in [2.24, 2.45) is 11.8 Å². The second-order valence-electron chi connectivity index (χ2n) is 5.63. The minimum absolute atomic E-state index is 0.403. The van der Waals surface area contributed by atoms with E-state index in [1.807, 2.05) is 0 Å². The maximum atomic E-state index is 9.63. The van der Waals surface area contributed by atoms with Crippen molar-refractivity contribution >= 4 is 0 Å². The van der Waals surface area contributed by atoms with E-state index in [2.05, 4.69) is 19.2 Å². The van der Waals surface area contributed by atoms with Gasteiger partial charge in [0.25, 0.3) is 0 Å². The number of hydrogen-bond acceptors (Lipinski definition) is 4. The van der Waals surface area contributed by atoms with Gasteiger partial charge >= 0.3 is 0 Å². The van der Waals surface area contributed by atoms with Crippen LogP contribution in [-0.4, -0.2) is 50.7 Å². The Labute approximate surface area is 111 Å². The first-order chi connectivity index (χ1) is 8.68. The SMILES string of the molecule is CC(C)CCOCCNCC(O)COCC1CC1. The monoisotopic (exact) mass is 259 g/mol. The molecule has 0 aromatic heterocycles. The zero-order valence-corrected chi connectivity index (χ0v) is 11.9. The van der Waals surface area contributed by atoms with Gasteiger partial charge < -0.3 is 19.9 Å². The first-order valence-electron chi connectivity index (χ1n) is 7.22. The predicted octanol–water partition coefficient (Wildman–Crippen LogP) is 1.43. The fourth-order valence-corrected chi connectivity index (χ4v) is 1.55. The lowest BCUT2D eigenvalue weighted by Gasteiger charge is -2.12. The van der Waals surface area contributed by atoms with Gasteiger partial charge in [-0.3, -0.25) is 0 Å². The van der Waals surface area contributed by atoms with Crippen LogP contribution in [0.15, 0.2) is 0 Å². The third-order valence-electron chi connectivity index (χ3n) is 3.00. The molecule has 0 aromatic carbocycles. The Morgan fingerprint density at radius 3 is 2.67 bits per heavy atom. The standard InChI is InChI=1S/C14H29NO3/c1-12(2)5-7-17-8-6-15-9-14(16)11-18-10-13-3-4-13/h12-16H,3-11H2,1-2H3. The summed E-state index contributed by atoms with van der Waals surface area (Å²) in [5.41, 5.74) is 0. The van der Waals surface area contributed by atoms with E-state index in [4.69, 9.17) is 9.47 Å². The molecule has 0 radical (unpaired) electrons. The fraction of sp³-hybridized carbons (Fsp3) is 1.00. The average molecular weight is 259 g/mol. The van der Waals surface area contributed by atoms with E-state index in [1.54, 1.807) is 0 Å². The molecule has 0 saturated heterocycles. The summed E-state index contributed by atoms with van der Waals surface area (Å²) in [6.07, 6.45) is 3.29. The molecule has 1 aliphatic rings. The predicted molar refractivity (Wildman–Crippen MR) is 72.7 cm³/mol. The first kappa shape index (κ1) is 15.9. The molecule has 1 saturated carbocycles. The van der Waals surface area contributed by atoms with Crippen molar-refractivity contribution in [2.45, 2.75) is 39.2 Å². The molecular formula is C14H29NO3.